The lowest BCUT2D eigenvalue weighted by Crippen LogP contribution is -2.27. The second-order valence-corrected chi connectivity index (χ2v) is 10.9. The maximum absolute atomic E-state index is 2.41. The summed E-state index contributed by atoms with van der Waals surface area (Å²) >= 11 is 0. The highest BCUT2D eigenvalue weighted by molar-refractivity contribution is 6.10. The van der Waals surface area contributed by atoms with Crippen molar-refractivity contribution in [2.24, 2.45) is 0 Å². The highest BCUT2D eigenvalue weighted by Gasteiger charge is 2.45. The third kappa shape index (κ3) is 4.01. The van der Waals surface area contributed by atoms with E-state index in [0.29, 0.717) is 0 Å². The van der Waals surface area contributed by atoms with Gasteiger partial charge < -0.3 is 4.90 Å². The van der Waals surface area contributed by atoms with E-state index in [-0.39, 0.29) is 23.2 Å². The van der Waals surface area contributed by atoms with Crippen molar-refractivity contribution >= 4 is 40.9 Å². The van der Waals surface area contributed by atoms with Gasteiger partial charge >= 0.3 is 0 Å². The summed E-state index contributed by atoms with van der Waals surface area (Å²) in [7, 11) is 0. The molecule has 2 nitrogen and oxygen atoms in total. The second-order valence-electron chi connectivity index (χ2n) is 10.9. The molecule has 6 rings (SSSR count). The van der Waals surface area contributed by atoms with Crippen LogP contribution in [0.2, 0.25) is 0 Å². The van der Waals surface area contributed by atoms with Crippen molar-refractivity contribution in [3.05, 3.63) is 144 Å². The number of halogens is 1. The Labute approximate surface area is 232 Å². The number of nitrogens with zero attached hydrogens (tertiary/aromatic N) is 2. The van der Waals surface area contributed by atoms with E-state index >= 15 is 0 Å². The summed E-state index contributed by atoms with van der Waals surface area (Å²) in [6.07, 6.45) is 6.86. The highest BCUT2D eigenvalue weighted by atomic mass is 35.5. The first kappa shape index (κ1) is 25.8. The third-order valence-electron chi connectivity index (χ3n) is 7.94. The molecule has 4 aromatic rings. The third-order valence-corrected chi connectivity index (χ3v) is 7.94. The maximum atomic E-state index is 2.41. The molecule has 0 unspecified atom stereocenters. The largest absolute Gasteiger partial charge is 0.313 e. The number of anilines is 2. The molecule has 2 aliphatic heterocycles. The maximum Gasteiger partial charge on any atom is 0.215 e. The summed E-state index contributed by atoms with van der Waals surface area (Å²) < 4.78 is 2.41. The van der Waals surface area contributed by atoms with Gasteiger partial charge in [0.1, 0.15) is 0 Å². The van der Waals surface area contributed by atoms with E-state index in [1.54, 1.807) is 0 Å². The highest BCUT2D eigenvalue weighted by Crippen LogP contribution is 2.51. The van der Waals surface area contributed by atoms with Crippen molar-refractivity contribution in [1.29, 1.82) is 0 Å². The molecule has 190 valence electrons. The molecule has 0 aromatic heterocycles. The number of fused-ring (bicyclic) bond motifs is 2. The van der Waals surface area contributed by atoms with Crippen LogP contribution in [-0.4, -0.2) is 5.71 Å². The lowest BCUT2D eigenvalue weighted by Gasteiger charge is -2.27. The van der Waals surface area contributed by atoms with Gasteiger partial charge in [-0.1, -0.05) is 92.7 Å². The van der Waals surface area contributed by atoms with E-state index in [0.717, 1.165) is 0 Å². The minimum atomic E-state index is -0.116. The molecule has 3 heteroatoms. The fourth-order valence-electron chi connectivity index (χ4n) is 6.00. The number of allylic oxidation sites excluding steroid dienone is 4. The van der Waals surface area contributed by atoms with Gasteiger partial charge in [-0.2, -0.15) is 4.58 Å². The Hall–Kier alpha value is -3.88. The van der Waals surface area contributed by atoms with Gasteiger partial charge in [-0.3, -0.25) is 0 Å². The van der Waals surface area contributed by atoms with Crippen LogP contribution in [0.15, 0.2) is 133 Å². The lowest BCUT2D eigenvalue weighted by atomic mass is 9.81. The number of hydrogen-bond donors (Lipinski definition) is 0. The standard InChI is InChI=1S/C35H33N2.ClH/c1-34(2)28-20-11-13-22-30(28)36(26-16-7-5-8-17-26)32(34)24-15-25-33-35(3,4)29-21-12-14-23-31(29)37(33)27-18-9-6-10-19-27;/h5-25H,1-4H3;1H/q+1;. The van der Waals surface area contributed by atoms with E-state index in [9.17, 15) is 0 Å². The number of benzene rings is 4. The van der Waals surface area contributed by atoms with Crippen LogP contribution in [0, 0.1) is 0 Å². The molecule has 0 atom stereocenters. The zero-order chi connectivity index (χ0) is 25.6. The van der Waals surface area contributed by atoms with Gasteiger partial charge in [0.25, 0.3) is 0 Å². The predicted octanol–water partition coefficient (Wildman–Crippen LogP) is 9.24. The molecule has 4 aromatic carbocycles. The number of hydrogen-bond acceptors (Lipinski definition) is 1. The predicted molar refractivity (Wildman–Crippen MR) is 165 cm³/mol. The summed E-state index contributed by atoms with van der Waals surface area (Å²) in [6, 6.07) is 38.9. The fourth-order valence-corrected chi connectivity index (χ4v) is 6.00. The molecular weight excluding hydrogens is 484 g/mol. The van der Waals surface area contributed by atoms with E-state index in [2.05, 4.69) is 165 Å². The van der Waals surface area contributed by atoms with Crippen molar-refractivity contribution in [1.82, 2.24) is 4.58 Å². The van der Waals surface area contributed by atoms with Crippen LogP contribution in [0.5, 0.6) is 0 Å². The molecule has 0 N–H and O–H groups in total. The van der Waals surface area contributed by atoms with Gasteiger partial charge in [-0.05, 0) is 43.7 Å². The van der Waals surface area contributed by atoms with Crippen molar-refractivity contribution < 1.29 is 0 Å². The summed E-state index contributed by atoms with van der Waals surface area (Å²) in [5, 5.41) is 0. The molecule has 0 radical (unpaired) electrons. The van der Waals surface area contributed by atoms with E-state index in [4.69, 9.17) is 0 Å². The molecule has 0 amide bonds. The summed E-state index contributed by atoms with van der Waals surface area (Å²) in [5.41, 5.74) is 9.91. The van der Waals surface area contributed by atoms with Crippen molar-refractivity contribution in [3.63, 3.8) is 0 Å². The van der Waals surface area contributed by atoms with Crippen molar-refractivity contribution in [2.75, 3.05) is 4.90 Å². The molecule has 0 saturated carbocycles. The lowest BCUT2D eigenvalue weighted by molar-refractivity contribution is 0.644. The van der Waals surface area contributed by atoms with Crippen LogP contribution >= 0.6 is 12.4 Å². The zero-order valence-corrected chi connectivity index (χ0v) is 23.2. The molecular formula is C35H34ClN2+. The van der Waals surface area contributed by atoms with Gasteiger partial charge in [0, 0.05) is 52.3 Å². The summed E-state index contributed by atoms with van der Waals surface area (Å²) in [6.45, 7) is 9.31. The van der Waals surface area contributed by atoms with Crippen molar-refractivity contribution in [2.45, 2.75) is 38.5 Å². The van der Waals surface area contributed by atoms with Gasteiger partial charge in [0.05, 0.1) is 5.41 Å². The molecule has 0 fully saturated rings. The molecule has 2 aliphatic rings. The minimum absolute atomic E-state index is 0. The smallest absolute Gasteiger partial charge is 0.215 e. The van der Waals surface area contributed by atoms with Crippen LogP contribution in [0.1, 0.15) is 38.8 Å². The van der Waals surface area contributed by atoms with Crippen LogP contribution in [0.4, 0.5) is 22.7 Å². The molecule has 0 aliphatic carbocycles. The Kier molecular flexibility index (Phi) is 6.63. The average molecular weight is 518 g/mol. The van der Waals surface area contributed by atoms with Gasteiger partial charge in [-0.15, -0.1) is 12.4 Å². The Bertz CT molecular complexity index is 1560. The van der Waals surface area contributed by atoms with Crippen LogP contribution in [0.25, 0.3) is 0 Å². The number of para-hydroxylation sites is 4. The molecule has 0 bridgehead atoms. The number of rotatable bonds is 4. The monoisotopic (exact) mass is 517 g/mol. The van der Waals surface area contributed by atoms with Crippen LogP contribution in [-0.2, 0) is 10.8 Å². The minimum Gasteiger partial charge on any atom is -0.313 e. The average Bonchev–Trinajstić information content (AvgIpc) is 3.29. The van der Waals surface area contributed by atoms with Crippen molar-refractivity contribution in [3.8, 4) is 0 Å². The Morgan fingerprint density at radius 2 is 1.21 bits per heavy atom. The fraction of sp³-hybridized carbons (Fsp3) is 0.171. The SMILES string of the molecule is CC1(C)C(/C=C/C=C2/N(c3ccccc3)c3ccccc3C2(C)C)=[N+](c2ccccc2)c2ccccc21.Cl. The first-order valence-electron chi connectivity index (χ1n) is 13.1. The first-order valence-corrected chi connectivity index (χ1v) is 13.1. The van der Waals surface area contributed by atoms with E-state index in [1.165, 1.54) is 45.3 Å². The Morgan fingerprint density at radius 3 is 1.92 bits per heavy atom. The summed E-state index contributed by atoms with van der Waals surface area (Å²) in [4.78, 5) is 2.41. The zero-order valence-electron chi connectivity index (χ0n) is 22.4. The van der Waals surface area contributed by atoms with Gasteiger partial charge in [0.15, 0.2) is 5.71 Å². The van der Waals surface area contributed by atoms with Crippen LogP contribution in [0.3, 0.4) is 0 Å². The molecule has 0 spiro atoms. The Balaban J connectivity index is 0.00000294. The molecule has 2 heterocycles. The normalized spacial score (nSPS) is 18.0. The molecule has 38 heavy (non-hydrogen) atoms. The Morgan fingerprint density at radius 1 is 0.632 bits per heavy atom. The summed E-state index contributed by atoms with van der Waals surface area (Å²) in [5.74, 6) is 0. The quantitative estimate of drug-likeness (QED) is 0.244. The van der Waals surface area contributed by atoms with Gasteiger partial charge in [-0.25, -0.2) is 0 Å². The second kappa shape index (κ2) is 9.78. The van der Waals surface area contributed by atoms with Crippen LogP contribution < -0.4 is 9.48 Å². The van der Waals surface area contributed by atoms with Gasteiger partial charge in [0.2, 0.25) is 11.4 Å². The molecule has 0 saturated heterocycles. The van der Waals surface area contributed by atoms with E-state index < -0.39 is 0 Å². The van der Waals surface area contributed by atoms with E-state index in [1.807, 2.05) is 0 Å². The first-order chi connectivity index (χ1) is 17.9. The topological polar surface area (TPSA) is 6.25 Å².